The molecule has 3 aromatic heterocycles. The van der Waals surface area contributed by atoms with Crippen LogP contribution in [0.4, 0.5) is 0 Å². The molecule has 1 aliphatic rings. The summed E-state index contributed by atoms with van der Waals surface area (Å²) in [5.41, 5.74) is 0.951. The smallest absolute Gasteiger partial charge is 0.272 e. The molecule has 0 spiro atoms. The summed E-state index contributed by atoms with van der Waals surface area (Å²) in [5, 5.41) is 11.8. The van der Waals surface area contributed by atoms with E-state index in [1.54, 1.807) is 12.1 Å². The van der Waals surface area contributed by atoms with E-state index in [0.717, 1.165) is 37.5 Å². The number of rotatable bonds is 4. The van der Waals surface area contributed by atoms with Gasteiger partial charge in [-0.25, -0.2) is 19.2 Å². The molecule has 0 radical (unpaired) electrons. The molecule has 1 amide bonds. The number of nitrogens with one attached hydrogen (secondary N) is 1. The summed E-state index contributed by atoms with van der Waals surface area (Å²) in [6.45, 7) is 2.86. The Morgan fingerprint density at radius 2 is 2.28 bits per heavy atom. The van der Waals surface area contributed by atoms with Crippen molar-refractivity contribution >= 4 is 11.6 Å². The molecular weight excluding hydrogens is 322 g/mol. The van der Waals surface area contributed by atoms with Gasteiger partial charge in [0, 0.05) is 19.0 Å². The Kier molecular flexibility index (Phi) is 3.83. The highest BCUT2D eigenvalue weighted by Gasteiger charge is 2.27. The zero-order valence-electron chi connectivity index (χ0n) is 14.1. The molecule has 1 aliphatic heterocycles. The van der Waals surface area contributed by atoms with Gasteiger partial charge in [-0.3, -0.25) is 4.79 Å². The maximum atomic E-state index is 12.8. The van der Waals surface area contributed by atoms with E-state index < -0.39 is 0 Å². The molecule has 9 nitrogen and oxygen atoms in total. The number of hydrogen-bond donors (Lipinski definition) is 1. The lowest BCUT2D eigenvalue weighted by atomic mass is 10.1. The maximum absolute atomic E-state index is 12.8. The summed E-state index contributed by atoms with van der Waals surface area (Å²) >= 11 is 0. The molecule has 1 N–H and O–H groups in total. The molecule has 1 atom stereocenters. The lowest BCUT2D eigenvalue weighted by Crippen LogP contribution is -2.34. The van der Waals surface area contributed by atoms with Crippen molar-refractivity contribution in [3.05, 3.63) is 35.7 Å². The Labute approximate surface area is 144 Å². The van der Waals surface area contributed by atoms with Gasteiger partial charge >= 0.3 is 0 Å². The van der Waals surface area contributed by atoms with Gasteiger partial charge in [-0.1, -0.05) is 6.92 Å². The first-order valence-electron chi connectivity index (χ1n) is 8.33. The third kappa shape index (κ3) is 2.71. The summed E-state index contributed by atoms with van der Waals surface area (Å²) in [7, 11) is 1.53. The Morgan fingerprint density at radius 3 is 3.08 bits per heavy atom. The number of amides is 1. The van der Waals surface area contributed by atoms with Crippen molar-refractivity contribution in [2.24, 2.45) is 0 Å². The van der Waals surface area contributed by atoms with Crippen LogP contribution in [0, 0.1) is 0 Å². The molecule has 9 heteroatoms. The summed E-state index contributed by atoms with van der Waals surface area (Å²) in [4.78, 5) is 21.5. The number of carbonyl (C=O) groups excluding carboxylic acids is 1. The van der Waals surface area contributed by atoms with Crippen molar-refractivity contribution in [1.29, 1.82) is 0 Å². The second-order valence-electron chi connectivity index (χ2n) is 5.92. The van der Waals surface area contributed by atoms with E-state index in [1.165, 1.54) is 17.8 Å². The van der Waals surface area contributed by atoms with Crippen molar-refractivity contribution in [2.75, 3.05) is 7.11 Å². The van der Waals surface area contributed by atoms with Gasteiger partial charge in [0.2, 0.25) is 5.88 Å². The van der Waals surface area contributed by atoms with Crippen molar-refractivity contribution in [2.45, 2.75) is 38.8 Å². The predicted molar refractivity (Wildman–Crippen MR) is 88.4 cm³/mol. The minimum Gasteiger partial charge on any atom is -0.480 e. The number of nitrogens with zero attached hydrogens (tertiary/aromatic N) is 6. The van der Waals surface area contributed by atoms with Crippen LogP contribution in [-0.4, -0.2) is 42.4 Å². The Hall–Kier alpha value is -2.97. The molecule has 0 bridgehead atoms. The number of ether oxygens (including phenoxy) is 1. The van der Waals surface area contributed by atoms with Crippen LogP contribution >= 0.6 is 0 Å². The molecule has 3 aromatic rings. The number of imidazole rings is 1. The molecule has 0 unspecified atom stereocenters. The first-order valence-corrected chi connectivity index (χ1v) is 8.33. The van der Waals surface area contributed by atoms with Crippen LogP contribution in [0.1, 0.15) is 47.9 Å². The van der Waals surface area contributed by atoms with Gasteiger partial charge in [-0.15, -0.1) is 5.10 Å². The van der Waals surface area contributed by atoms with E-state index >= 15 is 0 Å². The van der Waals surface area contributed by atoms with Gasteiger partial charge in [-0.2, -0.15) is 5.10 Å². The highest BCUT2D eigenvalue weighted by Crippen LogP contribution is 2.23. The number of fused-ring (bicyclic) bond motifs is 2. The van der Waals surface area contributed by atoms with Crippen molar-refractivity contribution in [3.8, 4) is 5.88 Å². The van der Waals surface area contributed by atoms with E-state index in [9.17, 15) is 4.79 Å². The maximum Gasteiger partial charge on any atom is 0.272 e. The van der Waals surface area contributed by atoms with E-state index in [4.69, 9.17) is 4.74 Å². The second kappa shape index (κ2) is 6.15. The first kappa shape index (κ1) is 15.6. The highest BCUT2D eigenvalue weighted by atomic mass is 16.5. The molecule has 0 aromatic carbocycles. The molecule has 0 saturated heterocycles. The quantitative estimate of drug-likeness (QED) is 0.764. The summed E-state index contributed by atoms with van der Waals surface area (Å²) in [6, 6.07) is 3.30. The average molecular weight is 341 g/mol. The number of hydrogen-bond acceptors (Lipinski definition) is 6. The van der Waals surface area contributed by atoms with Crippen molar-refractivity contribution in [3.63, 3.8) is 0 Å². The van der Waals surface area contributed by atoms with Crippen LogP contribution in [0.2, 0.25) is 0 Å². The number of aryl methyl sites for hydroxylation is 2. The number of carbonyl (C=O) groups is 1. The monoisotopic (exact) mass is 341 g/mol. The van der Waals surface area contributed by atoms with E-state index in [1.807, 2.05) is 11.6 Å². The lowest BCUT2D eigenvalue weighted by Gasteiger charge is -2.22. The molecule has 25 heavy (non-hydrogen) atoms. The molecule has 0 fully saturated rings. The lowest BCUT2D eigenvalue weighted by molar-refractivity contribution is 0.0920. The molecular formula is C16H19N7O2. The fraction of sp³-hybridized carbons (Fsp3) is 0.438. The van der Waals surface area contributed by atoms with Crippen LogP contribution in [0.25, 0.3) is 5.65 Å². The Bertz CT molecular complexity index is 930. The van der Waals surface area contributed by atoms with Crippen LogP contribution in [0.3, 0.4) is 0 Å². The SMILES string of the molecule is CCc1nc2n(n1)CCC[C@@H]2NC(=O)c1cnc2ccc(OC)nn12. The predicted octanol–water partition coefficient (Wildman–Crippen LogP) is 1.16. The van der Waals surface area contributed by atoms with Crippen LogP contribution in [0.15, 0.2) is 18.3 Å². The first-order chi connectivity index (χ1) is 12.2. The largest absolute Gasteiger partial charge is 0.480 e. The minimum absolute atomic E-state index is 0.162. The molecule has 0 saturated carbocycles. The van der Waals surface area contributed by atoms with Crippen LogP contribution in [0.5, 0.6) is 5.88 Å². The molecule has 130 valence electrons. The topological polar surface area (TPSA) is 99.2 Å². The zero-order valence-corrected chi connectivity index (χ0v) is 14.1. The normalized spacial score (nSPS) is 16.6. The van der Waals surface area contributed by atoms with Gasteiger partial charge in [0.25, 0.3) is 5.91 Å². The summed E-state index contributed by atoms with van der Waals surface area (Å²) in [5.74, 6) is 1.80. The van der Waals surface area contributed by atoms with E-state index in [2.05, 4.69) is 25.5 Å². The third-order valence-corrected chi connectivity index (χ3v) is 4.32. The average Bonchev–Trinajstić information content (AvgIpc) is 3.25. The van der Waals surface area contributed by atoms with Crippen molar-refractivity contribution in [1.82, 2.24) is 34.7 Å². The minimum atomic E-state index is -0.243. The van der Waals surface area contributed by atoms with Crippen LogP contribution < -0.4 is 10.1 Å². The fourth-order valence-corrected chi connectivity index (χ4v) is 3.04. The standard InChI is InChI=1S/C16H19N7O2/c1-3-12-19-15-10(5-4-8-22(15)20-12)18-16(24)11-9-17-13-6-7-14(25-2)21-23(11)13/h6-7,9-10H,3-5,8H2,1-2H3,(H,18,24)/t10-/m0/s1. The third-order valence-electron chi connectivity index (χ3n) is 4.32. The highest BCUT2D eigenvalue weighted by molar-refractivity contribution is 5.93. The number of methoxy groups -OCH3 is 1. The molecule has 0 aliphatic carbocycles. The van der Waals surface area contributed by atoms with E-state index in [-0.39, 0.29) is 11.9 Å². The van der Waals surface area contributed by atoms with Crippen molar-refractivity contribution < 1.29 is 9.53 Å². The van der Waals surface area contributed by atoms with Gasteiger partial charge in [0.1, 0.15) is 5.82 Å². The Morgan fingerprint density at radius 1 is 1.40 bits per heavy atom. The van der Waals surface area contributed by atoms with Gasteiger partial charge < -0.3 is 10.1 Å². The van der Waals surface area contributed by atoms with Gasteiger partial charge in [0.05, 0.1) is 19.3 Å². The van der Waals surface area contributed by atoms with Gasteiger partial charge in [-0.05, 0) is 18.9 Å². The fourth-order valence-electron chi connectivity index (χ4n) is 3.04. The Balaban J connectivity index is 1.62. The molecule has 4 rings (SSSR count). The van der Waals surface area contributed by atoms with Crippen LogP contribution in [-0.2, 0) is 13.0 Å². The summed E-state index contributed by atoms with van der Waals surface area (Å²) < 4.78 is 8.50. The molecule has 4 heterocycles. The summed E-state index contributed by atoms with van der Waals surface area (Å²) in [6.07, 6.45) is 4.07. The zero-order chi connectivity index (χ0) is 17.4. The number of aromatic nitrogens is 6. The second-order valence-corrected chi connectivity index (χ2v) is 5.92. The van der Waals surface area contributed by atoms with E-state index in [0.29, 0.717) is 17.2 Å². The van der Waals surface area contributed by atoms with Gasteiger partial charge in [0.15, 0.2) is 17.2 Å².